The van der Waals surface area contributed by atoms with E-state index in [1.54, 1.807) is 35.3 Å². The van der Waals surface area contributed by atoms with Crippen LogP contribution in [0.25, 0.3) is 5.82 Å². The molecule has 0 aliphatic heterocycles. The Morgan fingerprint density at radius 3 is 2.54 bits per heavy atom. The number of nitro benzene ring substituents is 1. The summed E-state index contributed by atoms with van der Waals surface area (Å²) in [6, 6.07) is 10.8. The molecule has 132 valence electrons. The monoisotopic (exact) mass is 353 g/mol. The number of rotatable bonds is 7. The lowest BCUT2D eigenvalue weighted by Gasteiger charge is -2.07. The first-order chi connectivity index (χ1) is 12.6. The van der Waals surface area contributed by atoms with Crippen LogP contribution in [0.5, 0.6) is 0 Å². The van der Waals surface area contributed by atoms with Gasteiger partial charge in [0.2, 0.25) is 0 Å². The third-order valence-corrected chi connectivity index (χ3v) is 3.45. The van der Waals surface area contributed by atoms with E-state index in [0.29, 0.717) is 30.3 Å². The van der Waals surface area contributed by atoms with Crippen LogP contribution in [0.15, 0.2) is 54.9 Å². The summed E-state index contributed by atoms with van der Waals surface area (Å²) in [6.07, 6.45) is 3.42. The lowest BCUT2D eigenvalue weighted by Crippen LogP contribution is -2.28. The van der Waals surface area contributed by atoms with Gasteiger partial charge in [-0.05, 0) is 30.3 Å². The molecule has 0 radical (unpaired) electrons. The number of hydrogen-bond acceptors (Lipinski definition) is 7. The fourth-order valence-corrected chi connectivity index (χ4v) is 2.15. The van der Waals surface area contributed by atoms with Gasteiger partial charge in [-0.1, -0.05) is 0 Å². The summed E-state index contributed by atoms with van der Waals surface area (Å²) in [4.78, 5) is 22.1. The van der Waals surface area contributed by atoms with Crippen molar-refractivity contribution in [2.75, 3.05) is 18.4 Å². The van der Waals surface area contributed by atoms with Gasteiger partial charge < -0.3 is 10.6 Å². The Hall–Kier alpha value is -3.82. The Kier molecular flexibility index (Phi) is 5.13. The third-order valence-electron chi connectivity index (χ3n) is 3.45. The smallest absolute Gasteiger partial charge is 0.269 e. The van der Waals surface area contributed by atoms with Crippen molar-refractivity contribution in [2.24, 2.45) is 0 Å². The van der Waals surface area contributed by atoms with Gasteiger partial charge in [-0.25, -0.2) is 4.68 Å². The average Bonchev–Trinajstić information content (AvgIpc) is 3.20. The molecular weight excluding hydrogens is 338 g/mol. The molecule has 0 saturated carbocycles. The van der Waals surface area contributed by atoms with Crippen molar-refractivity contribution >= 4 is 17.4 Å². The molecule has 26 heavy (non-hydrogen) atoms. The number of nitro groups is 1. The summed E-state index contributed by atoms with van der Waals surface area (Å²) in [6.45, 7) is 0.812. The van der Waals surface area contributed by atoms with Crippen molar-refractivity contribution < 1.29 is 9.72 Å². The fraction of sp³-hybridized carbons (Fsp3) is 0.125. The summed E-state index contributed by atoms with van der Waals surface area (Å²) in [5.41, 5.74) is 0.305. The highest BCUT2D eigenvalue weighted by Crippen LogP contribution is 2.11. The minimum atomic E-state index is -0.510. The van der Waals surface area contributed by atoms with Crippen LogP contribution >= 0.6 is 0 Å². The largest absolute Gasteiger partial charge is 0.367 e. The molecule has 1 aromatic carbocycles. The van der Waals surface area contributed by atoms with E-state index in [1.807, 2.05) is 0 Å². The molecule has 0 spiro atoms. The fourth-order valence-electron chi connectivity index (χ4n) is 2.15. The summed E-state index contributed by atoms with van der Waals surface area (Å²) in [5.74, 6) is 0.874. The van der Waals surface area contributed by atoms with Crippen LogP contribution in [0.2, 0.25) is 0 Å². The number of nitrogens with one attached hydrogen (secondary N) is 2. The highest BCUT2D eigenvalue weighted by Gasteiger charge is 2.08. The second kappa shape index (κ2) is 7.83. The van der Waals surface area contributed by atoms with Gasteiger partial charge in [0, 0.05) is 43.2 Å². The molecule has 0 aliphatic carbocycles. The van der Waals surface area contributed by atoms with Crippen molar-refractivity contribution in [2.45, 2.75) is 0 Å². The number of benzene rings is 1. The number of anilines is 1. The molecule has 0 saturated heterocycles. The van der Waals surface area contributed by atoms with Gasteiger partial charge in [0.1, 0.15) is 5.82 Å². The zero-order valence-electron chi connectivity index (χ0n) is 13.6. The van der Waals surface area contributed by atoms with E-state index in [9.17, 15) is 14.9 Å². The van der Waals surface area contributed by atoms with Gasteiger partial charge in [-0.15, -0.1) is 10.2 Å². The van der Waals surface area contributed by atoms with Gasteiger partial charge in [-0.2, -0.15) is 5.10 Å². The highest BCUT2D eigenvalue weighted by atomic mass is 16.6. The van der Waals surface area contributed by atoms with E-state index in [1.165, 1.54) is 24.3 Å². The number of carbonyl (C=O) groups is 1. The molecule has 10 heteroatoms. The summed E-state index contributed by atoms with van der Waals surface area (Å²) >= 11 is 0. The molecule has 0 unspecified atom stereocenters. The molecular formula is C16H15N7O3. The van der Waals surface area contributed by atoms with Gasteiger partial charge in [0.05, 0.1) is 4.92 Å². The first-order valence-corrected chi connectivity index (χ1v) is 7.74. The highest BCUT2D eigenvalue weighted by molar-refractivity contribution is 5.94. The molecule has 3 aromatic rings. The Bertz CT molecular complexity index is 877. The van der Waals surface area contributed by atoms with Crippen LogP contribution in [-0.4, -0.2) is 43.9 Å². The Labute approximate surface area is 148 Å². The number of amides is 1. The maximum Gasteiger partial charge on any atom is 0.269 e. The number of hydrogen-bond donors (Lipinski definition) is 2. The van der Waals surface area contributed by atoms with Crippen molar-refractivity contribution in [1.29, 1.82) is 0 Å². The Balaban J connectivity index is 1.45. The molecule has 1 amide bonds. The van der Waals surface area contributed by atoms with Crippen molar-refractivity contribution in [3.05, 3.63) is 70.5 Å². The summed E-state index contributed by atoms with van der Waals surface area (Å²) in [5, 5.41) is 28.5. The van der Waals surface area contributed by atoms with Gasteiger partial charge in [-0.3, -0.25) is 14.9 Å². The standard InChI is InChI=1S/C16H15N7O3/c24-16(12-2-4-13(5-3-12)23(25)26)18-10-9-17-14-6-7-15(21-20-14)22-11-1-8-19-22/h1-8,11H,9-10H2,(H,17,20)(H,18,24). The van der Waals surface area contributed by atoms with Crippen molar-refractivity contribution in [3.8, 4) is 5.82 Å². The van der Waals surface area contributed by atoms with Gasteiger partial charge in [0.25, 0.3) is 11.6 Å². The maximum absolute atomic E-state index is 12.0. The summed E-state index contributed by atoms with van der Waals surface area (Å²) in [7, 11) is 0. The zero-order valence-corrected chi connectivity index (χ0v) is 13.6. The number of aromatic nitrogens is 4. The lowest BCUT2D eigenvalue weighted by molar-refractivity contribution is -0.384. The number of carbonyl (C=O) groups excluding carboxylic acids is 1. The van der Waals surface area contributed by atoms with Crippen LogP contribution in [0.4, 0.5) is 11.5 Å². The lowest BCUT2D eigenvalue weighted by atomic mass is 10.2. The molecule has 0 bridgehead atoms. The number of non-ortho nitro benzene ring substituents is 1. The van der Waals surface area contributed by atoms with Crippen molar-refractivity contribution in [1.82, 2.24) is 25.3 Å². The van der Waals surface area contributed by atoms with E-state index in [0.717, 1.165) is 0 Å². The predicted molar refractivity (Wildman–Crippen MR) is 93.1 cm³/mol. The van der Waals surface area contributed by atoms with Crippen LogP contribution < -0.4 is 10.6 Å². The van der Waals surface area contributed by atoms with Gasteiger partial charge in [0.15, 0.2) is 5.82 Å². The molecule has 2 heterocycles. The quantitative estimate of drug-likeness (QED) is 0.373. The molecule has 0 fully saturated rings. The first-order valence-electron chi connectivity index (χ1n) is 7.74. The Morgan fingerprint density at radius 2 is 1.92 bits per heavy atom. The van der Waals surface area contributed by atoms with E-state index < -0.39 is 4.92 Å². The van der Waals surface area contributed by atoms with Crippen LogP contribution in [0.3, 0.4) is 0 Å². The van der Waals surface area contributed by atoms with Crippen LogP contribution in [0.1, 0.15) is 10.4 Å². The minimum absolute atomic E-state index is 0.0552. The molecule has 10 nitrogen and oxygen atoms in total. The summed E-state index contributed by atoms with van der Waals surface area (Å²) < 4.78 is 1.60. The van der Waals surface area contributed by atoms with E-state index in [4.69, 9.17) is 0 Å². The second-order valence-electron chi connectivity index (χ2n) is 5.21. The van der Waals surface area contributed by atoms with E-state index >= 15 is 0 Å². The van der Waals surface area contributed by atoms with Gasteiger partial charge >= 0.3 is 0 Å². The maximum atomic E-state index is 12.0. The normalized spacial score (nSPS) is 10.3. The van der Waals surface area contributed by atoms with E-state index in [-0.39, 0.29) is 11.6 Å². The molecule has 3 rings (SSSR count). The molecule has 2 N–H and O–H groups in total. The molecule has 2 aromatic heterocycles. The Morgan fingerprint density at radius 1 is 1.12 bits per heavy atom. The van der Waals surface area contributed by atoms with Crippen LogP contribution in [0, 0.1) is 10.1 Å². The first kappa shape index (κ1) is 17.0. The second-order valence-corrected chi connectivity index (χ2v) is 5.21. The van der Waals surface area contributed by atoms with Crippen molar-refractivity contribution in [3.63, 3.8) is 0 Å². The predicted octanol–water partition coefficient (Wildman–Crippen LogP) is 1.41. The molecule has 0 aliphatic rings. The SMILES string of the molecule is O=C(NCCNc1ccc(-n2cccn2)nn1)c1ccc([N+](=O)[O-])cc1. The molecule has 0 atom stereocenters. The van der Waals surface area contributed by atoms with E-state index in [2.05, 4.69) is 25.9 Å². The minimum Gasteiger partial charge on any atom is -0.367 e. The third kappa shape index (κ3) is 4.17. The van der Waals surface area contributed by atoms with Crippen LogP contribution in [-0.2, 0) is 0 Å². The average molecular weight is 353 g/mol. The number of nitrogens with zero attached hydrogens (tertiary/aromatic N) is 5. The zero-order chi connectivity index (χ0) is 18.4. The topological polar surface area (TPSA) is 128 Å².